The van der Waals surface area contributed by atoms with Crippen molar-refractivity contribution in [2.75, 3.05) is 13.1 Å². The zero-order valence-corrected chi connectivity index (χ0v) is 16.6. The number of aryl methyl sites for hydroxylation is 2. The third-order valence-corrected chi connectivity index (χ3v) is 4.89. The summed E-state index contributed by atoms with van der Waals surface area (Å²) in [6, 6.07) is 10.9. The van der Waals surface area contributed by atoms with Gasteiger partial charge in [-0.15, -0.1) is 0 Å². The van der Waals surface area contributed by atoms with Crippen LogP contribution in [0.2, 0.25) is 0 Å². The van der Waals surface area contributed by atoms with Crippen LogP contribution in [-0.2, 0) is 13.6 Å². The molecular formula is C21H24N4O3. The molecule has 0 N–H and O–H groups in total. The quantitative estimate of drug-likeness (QED) is 0.678. The lowest BCUT2D eigenvalue weighted by Gasteiger charge is -2.20. The molecule has 0 aliphatic carbocycles. The molecule has 2 aromatic heterocycles. The molecule has 3 aromatic rings. The van der Waals surface area contributed by atoms with E-state index in [0.717, 1.165) is 10.1 Å². The average Bonchev–Trinajstić information content (AvgIpc) is 2.70. The van der Waals surface area contributed by atoms with Crippen molar-refractivity contribution in [3.05, 3.63) is 74.1 Å². The molecule has 1 amide bonds. The molecule has 0 bridgehead atoms. The van der Waals surface area contributed by atoms with E-state index in [4.69, 9.17) is 0 Å². The van der Waals surface area contributed by atoms with Gasteiger partial charge in [-0.05, 0) is 32.4 Å². The predicted octanol–water partition coefficient (Wildman–Crippen LogP) is 1.93. The number of amides is 1. The Hall–Kier alpha value is -3.22. The molecule has 28 heavy (non-hydrogen) atoms. The van der Waals surface area contributed by atoms with E-state index < -0.39 is 11.2 Å². The zero-order valence-electron chi connectivity index (χ0n) is 16.6. The lowest BCUT2D eigenvalue weighted by atomic mass is 10.1. The Bertz CT molecular complexity index is 1140. The number of fused-ring (bicyclic) bond motifs is 1. The van der Waals surface area contributed by atoms with Gasteiger partial charge in [0.05, 0.1) is 17.5 Å². The van der Waals surface area contributed by atoms with E-state index in [9.17, 15) is 14.4 Å². The van der Waals surface area contributed by atoms with Gasteiger partial charge in [0, 0.05) is 25.8 Å². The summed E-state index contributed by atoms with van der Waals surface area (Å²) in [7, 11) is 1.57. The molecule has 3 rings (SSSR count). The largest absolute Gasteiger partial charge is 0.339 e. The monoisotopic (exact) mass is 380 g/mol. The van der Waals surface area contributed by atoms with Gasteiger partial charge >= 0.3 is 5.69 Å². The van der Waals surface area contributed by atoms with Gasteiger partial charge in [0.1, 0.15) is 5.65 Å². The first kappa shape index (κ1) is 19.5. The Balaban J connectivity index is 2.33. The highest BCUT2D eigenvalue weighted by atomic mass is 16.2. The second kappa shape index (κ2) is 7.80. The van der Waals surface area contributed by atoms with Crippen molar-refractivity contribution in [1.29, 1.82) is 0 Å². The van der Waals surface area contributed by atoms with Crippen molar-refractivity contribution in [2.45, 2.75) is 27.3 Å². The van der Waals surface area contributed by atoms with Gasteiger partial charge in [0.15, 0.2) is 0 Å². The highest BCUT2D eigenvalue weighted by Crippen LogP contribution is 2.16. The molecule has 146 valence electrons. The first-order chi connectivity index (χ1) is 13.4. The summed E-state index contributed by atoms with van der Waals surface area (Å²) in [5.41, 5.74) is 0.977. The second-order valence-electron chi connectivity index (χ2n) is 6.71. The van der Waals surface area contributed by atoms with Crippen LogP contribution in [0.3, 0.4) is 0 Å². The van der Waals surface area contributed by atoms with E-state index in [-0.39, 0.29) is 29.0 Å². The van der Waals surface area contributed by atoms with E-state index in [2.05, 4.69) is 4.98 Å². The third kappa shape index (κ3) is 3.35. The van der Waals surface area contributed by atoms with Crippen LogP contribution in [0.25, 0.3) is 11.0 Å². The Kier molecular flexibility index (Phi) is 5.44. The van der Waals surface area contributed by atoms with Crippen LogP contribution in [-0.4, -0.2) is 38.0 Å². The van der Waals surface area contributed by atoms with E-state index in [1.807, 2.05) is 44.2 Å². The SMILES string of the molecule is CCN(CC)C(=O)c1cc(C)nc2c1c(=O)n(Cc1ccccc1)c(=O)n2C. The standard InChI is InChI=1S/C21H24N4O3/c1-5-24(6-2)19(26)16-12-14(3)22-18-17(16)20(27)25(21(28)23(18)4)13-15-10-8-7-9-11-15/h7-12H,5-6,13H2,1-4H3. The van der Waals surface area contributed by atoms with Crippen molar-refractivity contribution in [2.24, 2.45) is 7.05 Å². The summed E-state index contributed by atoms with van der Waals surface area (Å²) < 4.78 is 2.50. The van der Waals surface area contributed by atoms with E-state index in [1.54, 1.807) is 24.9 Å². The Labute approximate surface area is 162 Å². The predicted molar refractivity (Wildman–Crippen MR) is 109 cm³/mol. The average molecular weight is 380 g/mol. The fourth-order valence-corrected chi connectivity index (χ4v) is 3.36. The third-order valence-electron chi connectivity index (χ3n) is 4.89. The maximum Gasteiger partial charge on any atom is 0.332 e. The van der Waals surface area contributed by atoms with Crippen molar-refractivity contribution >= 4 is 16.9 Å². The number of aromatic nitrogens is 3. The molecular weight excluding hydrogens is 356 g/mol. The van der Waals surface area contributed by atoms with Crippen LogP contribution >= 0.6 is 0 Å². The van der Waals surface area contributed by atoms with Gasteiger partial charge in [0.25, 0.3) is 11.5 Å². The second-order valence-corrected chi connectivity index (χ2v) is 6.71. The fourth-order valence-electron chi connectivity index (χ4n) is 3.36. The normalized spacial score (nSPS) is 11.0. The Morgan fingerprint density at radius 1 is 1.11 bits per heavy atom. The van der Waals surface area contributed by atoms with E-state index in [1.165, 1.54) is 4.57 Å². The van der Waals surface area contributed by atoms with Crippen molar-refractivity contribution in [3.8, 4) is 0 Å². The summed E-state index contributed by atoms with van der Waals surface area (Å²) in [6.45, 7) is 6.72. The van der Waals surface area contributed by atoms with Crippen LogP contribution in [0.5, 0.6) is 0 Å². The number of benzene rings is 1. The summed E-state index contributed by atoms with van der Waals surface area (Å²) in [4.78, 5) is 45.2. The van der Waals surface area contributed by atoms with Gasteiger partial charge in [-0.3, -0.25) is 18.7 Å². The topological polar surface area (TPSA) is 77.2 Å². The highest BCUT2D eigenvalue weighted by molar-refractivity contribution is 6.05. The molecule has 7 heteroatoms. The maximum absolute atomic E-state index is 13.3. The number of carbonyl (C=O) groups is 1. The summed E-state index contributed by atoms with van der Waals surface area (Å²) in [6.07, 6.45) is 0. The van der Waals surface area contributed by atoms with Crippen LogP contribution < -0.4 is 11.2 Å². The number of hydrogen-bond acceptors (Lipinski definition) is 4. The van der Waals surface area contributed by atoms with Crippen LogP contribution in [0.15, 0.2) is 46.0 Å². The minimum atomic E-state index is -0.495. The summed E-state index contributed by atoms with van der Waals surface area (Å²) in [5.74, 6) is -0.234. The van der Waals surface area contributed by atoms with Gasteiger partial charge < -0.3 is 4.90 Å². The molecule has 0 spiro atoms. The highest BCUT2D eigenvalue weighted by Gasteiger charge is 2.22. The molecule has 0 aliphatic heterocycles. The molecule has 0 atom stereocenters. The maximum atomic E-state index is 13.3. The lowest BCUT2D eigenvalue weighted by molar-refractivity contribution is 0.0774. The molecule has 2 heterocycles. The van der Waals surface area contributed by atoms with E-state index in [0.29, 0.717) is 18.8 Å². The molecule has 7 nitrogen and oxygen atoms in total. The van der Waals surface area contributed by atoms with Crippen LogP contribution in [0.1, 0.15) is 35.5 Å². The number of rotatable bonds is 5. The number of carbonyl (C=O) groups excluding carboxylic acids is 1. The van der Waals surface area contributed by atoms with Gasteiger partial charge in [0.2, 0.25) is 0 Å². The molecule has 1 aromatic carbocycles. The number of pyridine rings is 1. The van der Waals surface area contributed by atoms with Crippen LogP contribution in [0.4, 0.5) is 0 Å². The minimum Gasteiger partial charge on any atom is -0.339 e. The van der Waals surface area contributed by atoms with Gasteiger partial charge in [-0.2, -0.15) is 0 Å². The van der Waals surface area contributed by atoms with Crippen LogP contribution in [0, 0.1) is 6.92 Å². The first-order valence-electron chi connectivity index (χ1n) is 9.33. The number of nitrogens with zero attached hydrogens (tertiary/aromatic N) is 4. The van der Waals surface area contributed by atoms with E-state index >= 15 is 0 Å². The molecule has 0 aliphatic rings. The van der Waals surface area contributed by atoms with Crippen molar-refractivity contribution in [3.63, 3.8) is 0 Å². The lowest BCUT2D eigenvalue weighted by Crippen LogP contribution is -2.41. The summed E-state index contributed by atoms with van der Waals surface area (Å²) in [5, 5.41) is 0.181. The van der Waals surface area contributed by atoms with Crippen molar-refractivity contribution < 1.29 is 4.79 Å². The zero-order chi connectivity index (χ0) is 20.4. The minimum absolute atomic E-state index is 0.134. The summed E-state index contributed by atoms with van der Waals surface area (Å²) >= 11 is 0. The number of hydrogen-bond donors (Lipinski definition) is 0. The van der Waals surface area contributed by atoms with Gasteiger partial charge in [-0.1, -0.05) is 30.3 Å². The molecule has 0 unspecified atom stereocenters. The molecule has 0 fully saturated rings. The first-order valence-corrected chi connectivity index (χ1v) is 9.33. The Morgan fingerprint density at radius 2 is 1.75 bits per heavy atom. The van der Waals surface area contributed by atoms with Crippen molar-refractivity contribution in [1.82, 2.24) is 19.0 Å². The molecule has 0 radical (unpaired) electrons. The smallest absolute Gasteiger partial charge is 0.332 e. The molecule has 0 saturated carbocycles. The fraction of sp³-hybridized carbons (Fsp3) is 0.333. The molecule has 0 saturated heterocycles. The Morgan fingerprint density at radius 3 is 2.36 bits per heavy atom. The van der Waals surface area contributed by atoms with Gasteiger partial charge in [-0.25, -0.2) is 9.78 Å².